The maximum Gasteiger partial charge on any atom is 0.278 e. The summed E-state index contributed by atoms with van der Waals surface area (Å²) in [7, 11) is -3.57. The van der Waals surface area contributed by atoms with Crippen molar-refractivity contribution in [3.05, 3.63) is 41.6 Å². The summed E-state index contributed by atoms with van der Waals surface area (Å²) < 4.78 is 27.0. The predicted octanol–water partition coefficient (Wildman–Crippen LogP) is 2.09. The number of rotatable bonds is 3. The van der Waals surface area contributed by atoms with Crippen LogP contribution in [0.15, 0.2) is 35.5 Å². The van der Waals surface area contributed by atoms with Crippen molar-refractivity contribution in [2.24, 2.45) is 0 Å². The molecule has 0 atom stereocenters. The van der Waals surface area contributed by atoms with Crippen molar-refractivity contribution in [2.45, 2.75) is 30.7 Å². The number of aromatic amines is 1. The minimum atomic E-state index is -3.57. The fourth-order valence-electron chi connectivity index (χ4n) is 2.47. The lowest BCUT2D eigenvalue weighted by atomic mass is 9.91. The number of aromatic nitrogens is 2. The average Bonchev–Trinajstić information content (AvgIpc) is 2.93. The smallest absolute Gasteiger partial charge is 0.278 e. The van der Waals surface area contributed by atoms with E-state index in [1.54, 1.807) is 0 Å². The van der Waals surface area contributed by atoms with Crippen molar-refractivity contribution in [2.75, 3.05) is 4.72 Å². The van der Waals surface area contributed by atoms with Crippen LogP contribution in [0.4, 0.5) is 5.69 Å². The third kappa shape index (κ3) is 2.35. The molecule has 2 aromatic rings. The highest BCUT2D eigenvalue weighted by molar-refractivity contribution is 7.92. The van der Waals surface area contributed by atoms with E-state index in [9.17, 15) is 8.42 Å². The zero-order valence-electron chi connectivity index (χ0n) is 10.4. The van der Waals surface area contributed by atoms with E-state index in [1.807, 2.05) is 12.1 Å². The van der Waals surface area contributed by atoms with Crippen molar-refractivity contribution in [1.29, 1.82) is 0 Å². The van der Waals surface area contributed by atoms with Crippen molar-refractivity contribution in [3.8, 4) is 0 Å². The molecule has 1 aromatic carbocycles. The Morgan fingerprint density at radius 1 is 1.16 bits per heavy atom. The molecule has 0 spiro atoms. The minimum absolute atomic E-state index is 0.0842. The summed E-state index contributed by atoms with van der Waals surface area (Å²) >= 11 is 0. The summed E-state index contributed by atoms with van der Waals surface area (Å²) in [6, 6.07) is 7.23. The lowest BCUT2D eigenvalue weighted by Gasteiger charge is -2.19. The second-order valence-corrected chi connectivity index (χ2v) is 6.33. The fourth-order valence-corrected chi connectivity index (χ4v) is 3.47. The molecule has 0 bridgehead atoms. The number of hydrogen-bond acceptors (Lipinski definition) is 3. The van der Waals surface area contributed by atoms with Gasteiger partial charge < -0.3 is 0 Å². The molecule has 0 radical (unpaired) electrons. The number of aryl methyl sites for hydroxylation is 1. The molecule has 1 heterocycles. The Balaban J connectivity index is 1.96. The molecule has 0 fully saturated rings. The maximum absolute atomic E-state index is 12.2. The molecule has 2 N–H and O–H groups in total. The molecule has 1 aliphatic rings. The molecule has 0 saturated heterocycles. The monoisotopic (exact) mass is 277 g/mol. The molecule has 0 amide bonds. The second kappa shape index (κ2) is 4.70. The van der Waals surface area contributed by atoms with Gasteiger partial charge in [0.15, 0.2) is 5.03 Å². The summed E-state index contributed by atoms with van der Waals surface area (Å²) in [5.74, 6) is 0. The van der Waals surface area contributed by atoms with E-state index in [0.717, 1.165) is 24.8 Å². The molecule has 0 unspecified atom stereocenters. The van der Waals surface area contributed by atoms with E-state index in [1.165, 1.54) is 24.2 Å². The molecule has 0 saturated carbocycles. The van der Waals surface area contributed by atoms with Crippen LogP contribution in [0.25, 0.3) is 0 Å². The van der Waals surface area contributed by atoms with E-state index in [-0.39, 0.29) is 5.03 Å². The SMILES string of the molecule is O=S(=O)(Nc1cccc2c1CCCC2)c1ccn[nH]1. The fraction of sp³-hybridized carbons (Fsp3) is 0.308. The Bertz CT molecular complexity index is 678. The number of sulfonamides is 1. The summed E-state index contributed by atoms with van der Waals surface area (Å²) in [6.45, 7) is 0. The van der Waals surface area contributed by atoms with Crippen LogP contribution in [-0.4, -0.2) is 18.6 Å². The molecule has 3 rings (SSSR count). The van der Waals surface area contributed by atoms with Crippen molar-refractivity contribution < 1.29 is 8.42 Å². The standard InChI is InChI=1S/C13H15N3O2S/c17-19(18,13-8-9-14-15-13)16-12-7-3-5-10-4-1-2-6-11(10)12/h3,5,7-9,16H,1-2,4,6H2,(H,14,15). The Morgan fingerprint density at radius 3 is 2.79 bits per heavy atom. The van der Waals surface area contributed by atoms with Gasteiger partial charge in [-0.3, -0.25) is 9.82 Å². The van der Waals surface area contributed by atoms with Gasteiger partial charge >= 0.3 is 0 Å². The van der Waals surface area contributed by atoms with Crippen molar-refractivity contribution in [1.82, 2.24) is 10.2 Å². The predicted molar refractivity (Wildman–Crippen MR) is 72.5 cm³/mol. The zero-order chi connectivity index (χ0) is 13.3. The molecule has 19 heavy (non-hydrogen) atoms. The van der Waals surface area contributed by atoms with Gasteiger partial charge in [0.1, 0.15) is 0 Å². The van der Waals surface area contributed by atoms with E-state index in [2.05, 4.69) is 21.0 Å². The van der Waals surface area contributed by atoms with Gasteiger partial charge in [-0.05, 0) is 48.9 Å². The van der Waals surface area contributed by atoms with Crippen LogP contribution in [-0.2, 0) is 22.9 Å². The van der Waals surface area contributed by atoms with Gasteiger partial charge in [-0.1, -0.05) is 12.1 Å². The van der Waals surface area contributed by atoms with Gasteiger partial charge in [0.25, 0.3) is 10.0 Å². The highest BCUT2D eigenvalue weighted by atomic mass is 32.2. The Hall–Kier alpha value is -1.82. The number of anilines is 1. The first-order valence-electron chi connectivity index (χ1n) is 6.30. The van der Waals surface area contributed by atoms with Gasteiger partial charge in [0, 0.05) is 0 Å². The number of nitrogens with zero attached hydrogens (tertiary/aromatic N) is 1. The van der Waals surface area contributed by atoms with Gasteiger partial charge in [-0.15, -0.1) is 0 Å². The largest absolute Gasteiger partial charge is 0.278 e. The van der Waals surface area contributed by atoms with E-state index in [4.69, 9.17) is 0 Å². The molecule has 6 heteroatoms. The highest BCUT2D eigenvalue weighted by Gasteiger charge is 2.19. The van der Waals surface area contributed by atoms with Crippen LogP contribution >= 0.6 is 0 Å². The molecule has 0 aliphatic heterocycles. The normalized spacial score (nSPS) is 14.9. The topological polar surface area (TPSA) is 74.8 Å². The maximum atomic E-state index is 12.2. The lowest BCUT2D eigenvalue weighted by molar-refractivity contribution is 0.597. The van der Waals surface area contributed by atoms with Crippen LogP contribution in [0.3, 0.4) is 0 Å². The van der Waals surface area contributed by atoms with Crippen molar-refractivity contribution >= 4 is 15.7 Å². The van der Waals surface area contributed by atoms with Crippen LogP contribution in [0, 0.1) is 0 Å². The number of nitrogens with one attached hydrogen (secondary N) is 2. The first-order valence-corrected chi connectivity index (χ1v) is 7.78. The molecule has 5 nitrogen and oxygen atoms in total. The molecular formula is C13H15N3O2S. The quantitative estimate of drug-likeness (QED) is 0.902. The summed E-state index contributed by atoms with van der Waals surface area (Å²) in [5, 5.41) is 6.23. The second-order valence-electron chi connectivity index (χ2n) is 4.68. The first-order chi connectivity index (χ1) is 9.17. The summed E-state index contributed by atoms with van der Waals surface area (Å²) in [5.41, 5.74) is 3.06. The van der Waals surface area contributed by atoms with Crippen LogP contribution in [0.1, 0.15) is 24.0 Å². The molecule has 100 valence electrons. The van der Waals surface area contributed by atoms with E-state index in [0.29, 0.717) is 5.69 Å². The third-order valence-electron chi connectivity index (χ3n) is 3.40. The van der Waals surface area contributed by atoms with Crippen LogP contribution in [0.2, 0.25) is 0 Å². The molecule has 1 aliphatic carbocycles. The lowest BCUT2D eigenvalue weighted by Crippen LogP contribution is -2.16. The first kappa shape index (κ1) is 12.2. The van der Waals surface area contributed by atoms with Crippen LogP contribution < -0.4 is 4.72 Å². The van der Waals surface area contributed by atoms with E-state index < -0.39 is 10.0 Å². The summed E-state index contributed by atoms with van der Waals surface area (Å²) in [4.78, 5) is 0. The summed E-state index contributed by atoms with van der Waals surface area (Å²) in [6.07, 6.45) is 5.65. The number of hydrogen-bond donors (Lipinski definition) is 2. The van der Waals surface area contributed by atoms with Gasteiger partial charge in [-0.2, -0.15) is 13.5 Å². The number of benzene rings is 1. The van der Waals surface area contributed by atoms with E-state index >= 15 is 0 Å². The minimum Gasteiger partial charge on any atom is -0.278 e. The molecule has 1 aromatic heterocycles. The van der Waals surface area contributed by atoms with Crippen LogP contribution in [0.5, 0.6) is 0 Å². The molecular weight excluding hydrogens is 262 g/mol. The average molecular weight is 277 g/mol. The zero-order valence-corrected chi connectivity index (χ0v) is 11.2. The van der Waals surface area contributed by atoms with Gasteiger partial charge in [-0.25, -0.2) is 0 Å². The van der Waals surface area contributed by atoms with Crippen molar-refractivity contribution in [3.63, 3.8) is 0 Å². The van der Waals surface area contributed by atoms with Gasteiger partial charge in [0.05, 0.1) is 11.9 Å². The van der Waals surface area contributed by atoms with Gasteiger partial charge in [0.2, 0.25) is 0 Å². The number of H-pyrrole nitrogens is 1. The third-order valence-corrected chi connectivity index (χ3v) is 4.70. The Morgan fingerprint density at radius 2 is 2.00 bits per heavy atom. The Kier molecular flexibility index (Phi) is 3.02. The Labute approximate surface area is 112 Å². The number of fused-ring (bicyclic) bond motifs is 1. The highest BCUT2D eigenvalue weighted by Crippen LogP contribution is 2.29.